The van der Waals surface area contributed by atoms with Crippen molar-refractivity contribution >= 4 is 21.6 Å². The molecule has 8 heavy (non-hydrogen) atoms. The summed E-state index contributed by atoms with van der Waals surface area (Å²) < 4.78 is 2.36. The summed E-state index contributed by atoms with van der Waals surface area (Å²) in [4.78, 5) is 0. The molecule has 0 aliphatic heterocycles. The van der Waals surface area contributed by atoms with Crippen LogP contribution in [0.25, 0.3) is 0 Å². The van der Waals surface area contributed by atoms with Gasteiger partial charge in [0, 0.05) is 13.2 Å². The maximum Gasteiger partial charge on any atom is 0.151 e. The third kappa shape index (κ3) is 0.838. The van der Waals surface area contributed by atoms with Crippen molar-refractivity contribution < 1.29 is 0 Å². The molecule has 4 heteroatoms. The van der Waals surface area contributed by atoms with E-state index in [1.165, 1.54) is 0 Å². The topological polar surface area (TPSA) is 43.8 Å². The molecule has 0 saturated carbocycles. The van der Waals surface area contributed by atoms with Gasteiger partial charge in [-0.15, -0.1) is 0 Å². The molecular weight excluding hydrogens is 170 g/mol. The van der Waals surface area contributed by atoms with Gasteiger partial charge in [0.15, 0.2) is 4.60 Å². The predicted octanol–water partition coefficient (Wildman–Crippen LogP) is 0.765. The van der Waals surface area contributed by atoms with Crippen LogP contribution in [0.15, 0.2) is 10.8 Å². The molecule has 0 aliphatic rings. The van der Waals surface area contributed by atoms with E-state index >= 15 is 0 Å². The monoisotopic (exact) mass is 175 g/mol. The average Bonchev–Trinajstić information content (AvgIpc) is 1.85. The van der Waals surface area contributed by atoms with Gasteiger partial charge in [-0.3, -0.25) is 4.68 Å². The molecule has 0 fully saturated rings. The SMILES string of the molecule is Cn1cc(N)c(Br)n1. The summed E-state index contributed by atoms with van der Waals surface area (Å²) >= 11 is 3.16. The molecule has 0 aromatic carbocycles. The lowest BCUT2D eigenvalue weighted by Gasteiger charge is -1.78. The lowest BCUT2D eigenvalue weighted by atomic mass is 10.6. The van der Waals surface area contributed by atoms with E-state index in [4.69, 9.17) is 5.73 Å². The number of hydrogen-bond acceptors (Lipinski definition) is 2. The van der Waals surface area contributed by atoms with Crippen molar-refractivity contribution in [3.05, 3.63) is 10.8 Å². The van der Waals surface area contributed by atoms with E-state index in [9.17, 15) is 0 Å². The maximum absolute atomic E-state index is 5.41. The van der Waals surface area contributed by atoms with Gasteiger partial charge in [0.1, 0.15) is 0 Å². The number of anilines is 1. The number of halogens is 1. The van der Waals surface area contributed by atoms with Crippen LogP contribution in [0.1, 0.15) is 0 Å². The molecule has 3 nitrogen and oxygen atoms in total. The van der Waals surface area contributed by atoms with Crippen LogP contribution in [0.3, 0.4) is 0 Å². The molecule has 0 aliphatic carbocycles. The predicted molar refractivity (Wildman–Crippen MR) is 35.3 cm³/mol. The van der Waals surface area contributed by atoms with Crippen LogP contribution in [-0.4, -0.2) is 9.78 Å². The number of nitrogens with zero attached hydrogens (tertiary/aromatic N) is 2. The van der Waals surface area contributed by atoms with Gasteiger partial charge in [-0.05, 0) is 15.9 Å². The highest BCUT2D eigenvalue weighted by molar-refractivity contribution is 9.10. The first kappa shape index (κ1) is 5.62. The lowest BCUT2D eigenvalue weighted by Crippen LogP contribution is -1.85. The van der Waals surface area contributed by atoms with Gasteiger partial charge in [-0.1, -0.05) is 0 Å². The summed E-state index contributed by atoms with van der Waals surface area (Å²) in [7, 11) is 1.82. The zero-order valence-corrected chi connectivity index (χ0v) is 6.01. The Hall–Kier alpha value is -0.510. The number of hydrogen-bond donors (Lipinski definition) is 1. The second kappa shape index (κ2) is 1.78. The molecule has 0 atom stereocenters. The molecule has 1 aromatic rings. The Bertz CT molecular complexity index is 174. The Labute approximate surface area is 55.6 Å². The van der Waals surface area contributed by atoms with Crippen molar-refractivity contribution in [1.29, 1.82) is 0 Å². The largest absolute Gasteiger partial charge is 0.395 e. The normalized spacial score (nSPS) is 9.75. The minimum atomic E-state index is 0.674. The zero-order chi connectivity index (χ0) is 6.15. The van der Waals surface area contributed by atoms with Crippen molar-refractivity contribution in [1.82, 2.24) is 9.78 Å². The average molecular weight is 176 g/mol. The second-order valence-corrected chi connectivity index (χ2v) is 2.30. The summed E-state index contributed by atoms with van der Waals surface area (Å²) in [5.74, 6) is 0. The fourth-order valence-electron chi connectivity index (χ4n) is 0.480. The van der Waals surface area contributed by atoms with Crippen molar-refractivity contribution in [2.45, 2.75) is 0 Å². The van der Waals surface area contributed by atoms with E-state index in [-0.39, 0.29) is 0 Å². The second-order valence-electron chi connectivity index (χ2n) is 1.55. The van der Waals surface area contributed by atoms with Crippen LogP contribution in [0.4, 0.5) is 5.69 Å². The Kier molecular flexibility index (Phi) is 1.25. The first-order chi connectivity index (χ1) is 3.70. The zero-order valence-electron chi connectivity index (χ0n) is 4.43. The summed E-state index contributed by atoms with van der Waals surface area (Å²) in [5, 5.41) is 3.92. The van der Waals surface area contributed by atoms with Gasteiger partial charge in [-0.2, -0.15) is 5.10 Å². The minimum Gasteiger partial charge on any atom is -0.395 e. The van der Waals surface area contributed by atoms with Crippen LogP contribution in [0, 0.1) is 0 Å². The van der Waals surface area contributed by atoms with Crippen molar-refractivity contribution in [3.8, 4) is 0 Å². The molecular formula is C4H6BrN3. The molecule has 2 N–H and O–H groups in total. The Morgan fingerprint density at radius 2 is 2.50 bits per heavy atom. The van der Waals surface area contributed by atoms with E-state index in [1.807, 2.05) is 7.05 Å². The van der Waals surface area contributed by atoms with E-state index < -0.39 is 0 Å². The molecule has 1 rings (SSSR count). The summed E-state index contributed by atoms with van der Waals surface area (Å²) in [6, 6.07) is 0. The molecule has 1 heterocycles. The molecule has 0 unspecified atom stereocenters. The molecule has 0 spiro atoms. The Morgan fingerprint density at radius 1 is 1.88 bits per heavy atom. The van der Waals surface area contributed by atoms with Gasteiger partial charge >= 0.3 is 0 Å². The Morgan fingerprint density at radius 3 is 2.62 bits per heavy atom. The van der Waals surface area contributed by atoms with E-state index in [0.29, 0.717) is 10.3 Å². The van der Waals surface area contributed by atoms with Crippen molar-refractivity contribution in [3.63, 3.8) is 0 Å². The number of nitrogen functional groups attached to an aromatic ring is 1. The summed E-state index contributed by atoms with van der Waals surface area (Å²) in [6.45, 7) is 0. The molecule has 0 bridgehead atoms. The van der Waals surface area contributed by atoms with Gasteiger partial charge in [0.25, 0.3) is 0 Å². The number of aromatic nitrogens is 2. The standard InChI is InChI=1S/C4H6BrN3/c1-8-2-3(6)4(5)7-8/h2H,6H2,1H3. The highest BCUT2D eigenvalue weighted by Gasteiger charge is 1.95. The third-order valence-electron chi connectivity index (χ3n) is 0.810. The Balaban J connectivity index is 3.14. The molecule has 44 valence electrons. The van der Waals surface area contributed by atoms with Crippen LogP contribution in [-0.2, 0) is 7.05 Å². The number of nitrogens with two attached hydrogens (primary N) is 1. The minimum absolute atomic E-state index is 0.674. The smallest absolute Gasteiger partial charge is 0.151 e. The molecule has 0 amide bonds. The van der Waals surface area contributed by atoms with E-state index in [2.05, 4.69) is 21.0 Å². The highest BCUT2D eigenvalue weighted by atomic mass is 79.9. The molecule has 0 saturated heterocycles. The highest BCUT2D eigenvalue weighted by Crippen LogP contribution is 2.14. The van der Waals surface area contributed by atoms with Crippen LogP contribution >= 0.6 is 15.9 Å². The number of rotatable bonds is 0. The van der Waals surface area contributed by atoms with E-state index in [1.54, 1.807) is 10.9 Å². The van der Waals surface area contributed by atoms with Crippen molar-refractivity contribution in [2.24, 2.45) is 7.05 Å². The van der Waals surface area contributed by atoms with Gasteiger partial charge < -0.3 is 5.73 Å². The summed E-state index contributed by atoms with van der Waals surface area (Å²) in [6.07, 6.45) is 1.74. The van der Waals surface area contributed by atoms with Crippen LogP contribution < -0.4 is 5.73 Å². The van der Waals surface area contributed by atoms with Gasteiger partial charge in [0.2, 0.25) is 0 Å². The fourth-order valence-corrected chi connectivity index (χ4v) is 0.832. The molecule has 1 aromatic heterocycles. The van der Waals surface area contributed by atoms with Crippen LogP contribution in [0.5, 0.6) is 0 Å². The molecule has 0 radical (unpaired) electrons. The maximum atomic E-state index is 5.41. The third-order valence-corrected chi connectivity index (χ3v) is 1.43. The van der Waals surface area contributed by atoms with Crippen molar-refractivity contribution in [2.75, 3.05) is 5.73 Å². The van der Waals surface area contributed by atoms with Gasteiger partial charge in [0.05, 0.1) is 5.69 Å². The quantitative estimate of drug-likeness (QED) is 0.634. The number of aryl methyl sites for hydroxylation is 1. The van der Waals surface area contributed by atoms with Crippen LogP contribution in [0.2, 0.25) is 0 Å². The first-order valence-electron chi connectivity index (χ1n) is 2.15. The lowest BCUT2D eigenvalue weighted by molar-refractivity contribution is 0.761. The fraction of sp³-hybridized carbons (Fsp3) is 0.250. The summed E-state index contributed by atoms with van der Waals surface area (Å²) in [5.41, 5.74) is 6.08. The van der Waals surface area contributed by atoms with E-state index in [0.717, 1.165) is 0 Å². The van der Waals surface area contributed by atoms with Gasteiger partial charge in [-0.25, -0.2) is 0 Å². The first-order valence-corrected chi connectivity index (χ1v) is 2.94.